The molecule has 4 rings (SSSR count). The van der Waals surface area contributed by atoms with Gasteiger partial charge in [-0.25, -0.2) is 0 Å². The maximum Gasteiger partial charge on any atom is 0.196 e. The normalized spacial score (nSPS) is 16.8. The van der Waals surface area contributed by atoms with Gasteiger partial charge in [0.2, 0.25) is 0 Å². The van der Waals surface area contributed by atoms with Gasteiger partial charge in [-0.15, -0.1) is 10.2 Å². The first-order chi connectivity index (χ1) is 13.8. The number of thioether (sulfide) groups is 1. The van der Waals surface area contributed by atoms with Crippen molar-refractivity contribution in [3.8, 4) is 22.8 Å². The Bertz CT molecular complexity index is 875. The second-order valence-electron chi connectivity index (χ2n) is 6.73. The predicted molar refractivity (Wildman–Crippen MR) is 112 cm³/mol. The highest BCUT2D eigenvalue weighted by Gasteiger charge is 2.19. The van der Waals surface area contributed by atoms with Crippen molar-refractivity contribution < 1.29 is 9.47 Å². The molecule has 1 unspecified atom stereocenters. The Morgan fingerprint density at radius 1 is 1.07 bits per heavy atom. The number of hydrogen-bond donors (Lipinski definition) is 0. The van der Waals surface area contributed by atoms with Gasteiger partial charge in [0.1, 0.15) is 5.75 Å². The van der Waals surface area contributed by atoms with Gasteiger partial charge >= 0.3 is 0 Å². The highest BCUT2D eigenvalue weighted by molar-refractivity contribution is 7.99. The molecule has 0 saturated carbocycles. The zero-order chi connectivity index (χ0) is 19.2. The Labute approximate surface area is 170 Å². The van der Waals surface area contributed by atoms with E-state index >= 15 is 0 Å². The lowest BCUT2D eigenvalue weighted by Crippen LogP contribution is -2.21. The van der Waals surface area contributed by atoms with Crippen LogP contribution in [0.4, 0.5) is 0 Å². The Hall–Kier alpha value is -2.31. The van der Waals surface area contributed by atoms with Crippen molar-refractivity contribution in [2.45, 2.75) is 37.4 Å². The molecule has 3 aromatic rings. The van der Waals surface area contributed by atoms with Crippen LogP contribution in [-0.4, -0.2) is 39.8 Å². The third-order valence-corrected chi connectivity index (χ3v) is 5.80. The summed E-state index contributed by atoms with van der Waals surface area (Å²) in [7, 11) is 0. The van der Waals surface area contributed by atoms with Crippen molar-refractivity contribution in [1.29, 1.82) is 0 Å². The number of nitrogens with zero attached hydrogens (tertiary/aromatic N) is 3. The van der Waals surface area contributed by atoms with Gasteiger partial charge in [-0.2, -0.15) is 0 Å². The molecule has 1 atom stereocenters. The summed E-state index contributed by atoms with van der Waals surface area (Å²) in [5.41, 5.74) is 2.07. The van der Waals surface area contributed by atoms with Gasteiger partial charge in [0.05, 0.1) is 12.7 Å². The molecule has 1 aromatic heterocycles. The summed E-state index contributed by atoms with van der Waals surface area (Å²) >= 11 is 1.71. The summed E-state index contributed by atoms with van der Waals surface area (Å²) in [5, 5.41) is 9.89. The van der Waals surface area contributed by atoms with Crippen LogP contribution in [0.2, 0.25) is 0 Å². The molecule has 2 aromatic carbocycles. The SMILES string of the molecule is CCOc1ccc(-n2c(SCC3CCCCO3)nnc2-c2ccccc2)cc1. The molecule has 28 heavy (non-hydrogen) atoms. The number of aromatic nitrogens is 3. The van der Waals surface area contributed by atoms with Crippen LogP contribution in [0, 0.1) is 0 Å². The van der Waals surface area contributed by atoms with E-state index in [0.717, 1.165) is 46.8 Å². The topological polar surface area (TPSA) is 49.2 Å². The average molecular weight is 396 g/mol. The van der Waals surface area contributed by atoms with Gasteiger partial charge in [0, 0.05) is 23.6 Å². The van der Waals surface area contributed by atoms with Crippen molar-refractivity contribution in [2.75, 3.05) is 19.0 Å². The van der Waals surface area contributed by atoms with E-state index in [1.807, 2.05) is 37.3 Å². The molecular formula is C22H25N3O2S. The lowest BCUT2D eigenvalue weighted by atomic mass is 10.1. The van der Waals surface area contributed by atoms with Gasteiger partial charge in [-0.05, 0) is 50.5 Å². The third-order valence-electron chi connectivity index (χ3n) is 4.74. The molecule has 0 radical (unpaired) electrons. The Morgan fingerprint density at radius 3 is 2.61 bits per heavy atom. The quantitative estimate of drug-likeness (QED) is 0.527. The molecule has 1 aliphatic heterocycles. The number of rotatable bonds is 7. The summed E-state index contributed by atoms with van der Waals surface area (Å²) < 4.78 is 13.6. The molecule has 5 nitrogen and oxygen atoms in total. The monoisotopic (exact) mass is 395 g/mol. The summed E-state index contributed by atoms with van der Waals surface area (Å²) in [6.07, 6.45) is 3.83. The van der Waals surface area contributed by atoms with Gasteiger partial charge in [-0.1, -0.05) is 42.1 Å². The molecule has 0 spiro atoms. The van der Waals surface area contributed by atoms with Gasteiger partial charge in [0.15, 0.2) is 11.0 Å². The maximum absolute atomic E-state index is 5.88. The van der Waals surface area contributed by atoms with Crippen LogP contribution in [-0.2, 0) is 4.74 Å². The molecule has 6 heteroatoms. The van der Waals surface area contributed by atoms with E-state index in [-0.39, 0.29) is 0 Å². The zero-order valence-electron chi connectivity index (χ0n) is 16.1. The summed E-state index contributed by atoms with van der Waals surface area (Å²) in [5.74, 6) is 2.60. The van der Waals surface area contributed by atoms with Crippen LogP contribution in [0.1, 0.15) is 26.2 Å². The van der Waals surface area contributed by atoms with Crippen molar-refractivity contribution in [2.24, 2.45) is 0 Å². The molecule has 2 heterocycles. The van der Waals surface area contributed by atoms with Crippen LogP contribution < -0.4 is 4.74 Å². The molecule has 1 saturated heterocycles. The third kappa shape index (κ3) is 4.39. The molecule has 1 fully saturated rings. The lowest BCUT2D eigenvalue weighted by Gasteiger charge is -2.22. The molecule has 0 amide bonds. The average Bonchev–Trinajstić information content (AvgIpc) is 3.18. The largest absolute Gasteiger partial charge is 0.494 e. The van der Waals surface area contributed by atoms with E-state index in [0.29, 0.717) is 12.7 Å². The number of ether oxygens (including phenoxy) is 2. The molecular weight excluding hydrogens is 370 g/mol. The van der Waals surface area contributed by atoms with E-state index in [2.05, 4.69) is 39.0 Å². The van der Waals surface area contributed by atoms with Crippen LogP contribution in [0.3, 0.4) is 0 Å². The fraction of sp³-hybridized carbons (Fsp3) is 0.364. The first-order valence-corrected chi connectivity index (χ1v) is 10.8. The van der Waals surface area contributed by atoms with E-state index in [4.69, 9.17) is 9.47 Å². The lowest BCUT2D eigenvalue weighted by molar-refractivity contribution is 0.0315. The van der Waals surface area contributed by atoms with Crippen LogP contribution >= 0.6 is 11.8 Å². The molecule has 0 N–H and O–H groups in total. The molecule has 1 aliphatic rings. The summed E-state index contributed by atoms with van der Waals surface area (Å²) in [4.78, 5) is 0. The van der Waals surface area contributed by atoms with E-state index in [1.54, 1.807) is 11.8 Å². The van der Waals surface area contributed by atoms with Gasteiger partial charge in [0.25, 0.3) is 0 Å². The second kappa shape index (κ2) is 9.26. The van der Waals surface area contributed by atoms with Crippen LogP contribution in [0.5, 0.6) is 5.75 Å². The Balaban J connectivity index is 1.65. The highest BCUT2D eigenvalue weighted by atomic mass is 32.2. The van der Waals surface area contributed by atoms with E-state index in [1.165, 1.54) is 12.8 Å². The molecule has 0 aliphatic carbocycles. The predicted octanol–water partition coefficient (Wildman–Crippen LogP) is 4.99. The second-order valence-corrected chi connectivity index (χ2v) is 7.72. The first-order valence-electron chi connectivity index (χ1n) is 9.83. The zero-order valence-corrected chi connectivity index (χ0v) is 16.9. The molecule has 146 valence electrons. The van der Waals surface area contributed by atoms with Gasteiger partial charge in [-0.3, -0.25) is 4.57 Å². The highest BCUT2D eigenvalue weighted by Crippen LogP contribution is 2.30. The first kappa shape index (κ1) is 19.0. The van der Waals surface area contributed by atoms with Gasteiger partial charge < -0.3 is 9.47 Å². The summed E-state index contributed by atoms with van der Waals surface area (Å²) in [6, 6.07) is 18.3. The Kier molecular flexibility index (Phi) is 6.29. The fourth-order valence-electron chi connectivity index (χ4n) is 3.33. The van der Waals surface area contributed by atoms with Crippen molar-refractivity contribution in [3.63, 3.8) is 0 Å². The number of benzene rings is 2. The van der Waals surface area contributed by atoms with Crippen molar-refractivity contribution >= 4 is 11.8 Å². The van der Waals surface area contributed by atoms with E-state index < -0.39 is 0 Å². The minimum absolute atomic E-state index is 0.296. The number of hydrogen-bond acceptors (Lipinski definition) is 5. The maximum atomic E-state index is 5.88. The molecule has 0 bridgehead atoms. The smallest absolute Gasteiger partial charge is 0.196 e. The summed E-state index contributed by atoms with van der Waals surface area (Å²) in [6.45, 7) is 3.51. The standard InChI is InChI=1S/C22H25N3O2S/c1-2-26-19-13-11-18(12-14-19)25-21(17-8-4-3-5-9-17)23-24-22(25)28-16-20-10-6-7-15-27-20/h3-5,8-9,11-14,20H,2,6-7,10,15-16H2,1H3. The fourth-order valence-corrected chi connectivity index (χ4v) is 4.35. The minimum Gasteiger partial charge on any atom is -0.494 e. The van der Waals surface area contributed by atoms with E-state index in [9.17, 15) is 0 Å². The van der Waals surface area contributed by atoms with Crippen molar-refractivity contribution in [3.05, 3.63) is 54.6 Å². The Morgan fingerprint density at radius 2 is 1.89 bits per heavy atom. The van der Waals surface area contributed by atoms with Crippen LogP contribution in [0.25, 0.3) is 17.1 Å². The van der Waals surface area contributed by atoms with Crippen LogP contribution in [0.15, 0.2) is 59.8 Å². The van der Waals surface area contributed by atoms with Crippen molar-refractivity contribution in [1.82, 2.24) is 14.8 Å². The minimum atomic E-state index is 0.296.